The van der Waals surface area contributed by atoms with Crippen LogP contribution in [0.4, 0.5) is 0 Å². The van der Waals surface area contributed by atoms with E-state index in [1.807, 2.05) is 0 Å². The Labute approximate surface area is 264 Å². The SMILES string of the molecule is CC(=O)OC1CCC2(C)C(CCC3(C)C(C)CCC4(C(O)CN5CCN(C)CC5)CCC(C(C)C)=C4CCCC32)C1(C)C. The van der Waals surface area contributed by atoms with Gasteiger partial charge >= 0.3 is 5.97 Å². The van der Waals surface area contributed by atoms with Gasteiger partial charge in [-0.3, -0.25) is 9.69 Å². The lowest BCUT2D eigenvalue weighted by Crippen LogP contribution is -2.60. The third-order valence-electron chi connectivity index (χ3n) is 14.6. The number of ether oxygens (including phenoxy) is 1. The molecule has 1 N–H and O–H groups in total. The summed E-state index contributed by atoms with van der Waals surface area (Å²) in [6.45, 7) is 24.2. The molecule has 4 aliphatic carbocycles. The minimum absolute atomic E-state index is 0.000127. The molecule has 0 amide bonds. The van der Waals surface area contributed by atoms with Crippen molar-refractivity contribution in [3.8, 4) is 0 Å². The molecule has 5 heteroatoms. The van der Waals surface area contributed by atoms with Gasteiger partial charge in [-0.05, 0) is 112 Å². The number of likely N-dealkylation sites (N-methyl/N-ethyl adjacent to an activating group) is 1. The number of carbonyl (C=O) groups is 1. The Kier molecular flexibility index (Phi) is 9.62. The molecule has 0 spiro atoms. The van der Waals surface area contributed by atoms with Gasteiger partial charge in [0, 0.05) is 50.5 Å². The van der Waals surface area contributed by atoms with Gasteiger partial charge in [0.25, 0.3) is 0 Å². The zero-order valence-electron chi connectivity index (χ0n) is 29.4. The van der Waals surface area contributed by atoms with E-state index >= 15 is 0 Å². The van der Waals surface area contributed by atoms with Crippen LogP contribution in [0.5, 0.6) is 0 Å². The third kappa shape index (κ3) is 5.91. The fourth-order valence-corrected chi connectivity index (χ4v) is 11.8. The van der Waals surface area contributed by atoms with Gasteiger partial charge < -0.3 is 14.7 Å². The molecule has 3 saturated carbocycles. The minimum atomic E-state index is -0.275. The number of fused-ring (bicyclic) bond motifs is 4. The van der Waals surface area contributed by atoms with Gasteiger partial charge in [-0.1, -0.05) is 59.6 Å². The molecule has 0 bridgehead atoms. The smallest absolute Gasteiger partial charge is 0.302 e. The third-order valence-corrected chi connectivity index (χ3v) is 14.6. The minimum Gasteiger partial charge on any atom is -0.462 e. The van der Waals surface area contributed by atoms with Crippen molar-refractivity contribution in [3.63, 3.8) is 0 Å². The van der Waals surface area contributed by atoms with Crippen LogP contribution in [-0.2, 0) is 9.53 Å². The molecule has 4 fully saturated rings. The van der Waals surface area contributed by atoms with E-state index in [4.69, 9.17) is 4.74 Å². The van der Waals surface area contributed by atoms with E-state index < -0.39 is 0 Å². The summed E-state index contributed by atoms with van der Waals surface area (Å²) in [6.07, 6.45) is 12.8. The Morgan fingerprint density at radius 1 is 0.907 bits per heavy atom. The van der Waals surface area contributed by atoms with Crippen LogP contribution in [-0.4, -0.2) is 72.9 Å². The quantitative estimate of drug-likeness (QED) is 0.259. The number of esters is 1. The number of allylic oxidation sites excluding steroid dienone is 1. The lowest BCUT2D eigenvalue weighted by Gasteiger charge is -2.65. The van der Waals surface area contributed by atoms with Gasteiger partial charge in [-0.15, -0.1) is 0 Å². The van der Waals surface area contributed by atoms with Gasteiger partial charge in [-0.2, -0.15) is 0 Å². The highest BCUT2D eigenvalue weighted by Gasteiger charge is 2.62. The number of carbonyl (C=O) groups excluding carboxylic acids is 1. The fraction of sp³-hybridized carbons (Fsp3) is 0.921. The van der Waals surface area contributed by atoms with Gasteiger partial charge in [0.05, 0.1) is 6.10 Å². The standard InChI is InChI=1S/C38H66N2O3/c1-26(2)29-14-20-38(33(42)25-40-23-21-39(9)22-24-40)19-13-27(3)36(7)17-15-31-35(5,6)34(43-28(4)41)16-18-37(31,8)32(36)12-10-11-30(29)38/h26-27,31-34,42H,10-25H2,1-9H3. The summed E-state index contributed by atoms with van der Waals surface area (Å²) in [4.78, 5) is 17.0. The van der Waals surface area contributed by atoms with E-state index in [1.165, 1.54) is 44.9 Å². The summed E-state index contributed by atoms with van der Waals surface area (Å²) in [5.74, 6) is 2.32. The first-order valence-corrected chi connectivity index (χ1v) is 18.1. The summed E-state index contributed by atoms with van der Waals surface area (Å²) in [6, 6.07) is 0. The normalized spacial score (nSPS) is 41.7. The summed E-state index contributed by atoms with van der Waals surface area (Å²) < 4.78 is 5.96. The summed E-state index contributed by atoms with van der Waals surface area (Å²) in [5, 5.41) is 12.2. The fourth-order valence-electron chi connectivity index (χ4n) is 11.8. The summed E-state index contributed by atoms with van der Waals surface area (Å²) in [5.41, 5.74) is 3.86. The van der Waals surface area contributed by atoms with Crippen molar-refractivity contribution in [2.24, 2.45) is 45.3 Å². The van der Waals surface area contributed by atoms with E-state index in [-0.39, 0.29) is 34.4 Å². The number of nitrogens with zero attached hydrogens (tertiary/aromatic N) is 2. The number of aliphatic hydroxyl groups is 1. The van der Waals surface area contributed by atoms with Crippen LogP contribution in [0.25, 0.3) is 0 Å². The van der Waals surface area contributed by atoms with Gasteiger partial charge in [0.15, 0.2) is 0 Å². The van der Waals surface area contributed by atoms with Crippen molar-refractivity contribution >= 4 is 5.97 Å². The molecule has 246 valence electrons. The maximum atomic E-state index is 12.2. The van der Waals surface area contributed by atoms with Crippen molar-refractivity contribution in [3.05, 3.63) is 11.1 Å². The second-order valence-electron chi connectivity index (χ2n) is 17.4. The first-order chi connectivity index (χ1) is 20.1. The molecule has 0 radical (unpaired) electrons. The largest absolute Gasteiger partial charge is 0.462 e. The van der Waals surface area contributed by atoms with Crippen molar-refractivity contribution in [1.29, 1.82) is 0 Å². The highest BCUT2D eigenvalue weighted by atomic mass is 16.5. The first kappa shape index (κ1) is 33.5. The van der Waals surface area contributed by atoms with Gasteiger partial charge in [-0.25, -0.2) is 0 Å². The van der Waals surface area contributed by atoms with Crippen LogP contribution in [0.1, 0.15) is 126 Å². The molecule has 0 aromatic rings. The number of rotatable bonds is 5. The molecular formula is C38H66N2O3. The van der Waals surface area contributed by atoms with E-state index in [1.54, 1.807) is 18.1 Å². The lowest BCUT2D eigenvalue weighted by molar-refractivity contribution is -0.199. The highest BCUT2D eigenvalue weighted by molar-refractivity contribution is 5.66. The molecule has 5 aliphatic rings. The van der Waals surface area contributed by atoms with Crippen molar-refractivity contribution in [2.45, 2.75) is 138 Å². The van der Waals surface area contributed by atoms with E-state index in [0.29, 0.717) is 29.1 Å². The molecule has 1 aliphatic heterocycles. The molecule has 1 heterocycles. The number of piperazine rings is 1. The molecular weight excluding hydrogens is 532 g/mol. The zero-order valence-corrected chi connectivity index (χ0v) is 29.4. The molecule has 1 saturated heterocycles. The van der Waals surface area contributed by atoms with E-state index in [2.05, 4.69) is 65.3 Å². The van der Waals surface area contributed by atoms with Gasteiger partial charge in [0.1, 0.15) is 6.10 Å². The summed E-state index contributed by atoms with van der Waals surface area (Å²) in [7, 11) is 2.22. The maximum absolute atomic E-state index is 12.2. The number of hydrogen-bond donors (Lipinski definition) is 1. The first-order valence-electron chi connectivity index (χ1n) is 18.1. The zero-order chi connectivity index (χ0) is 31.4. The van der Waals surface area contributed by atoms with Crippen LogP contribution >= 0.6 is 0 Å². The Balaban J connectivity index is 1.44. The maximum Gasteiger partial charge on any atom is 0.302 e. The Hall–Kier alpha value is -0.910. The van der Waals surface area contributed by atoms with Crippen molar-refractivity contribution < 1.29 is 14.6 Å². The van der Waals surface area contributed by atoms with Crippen molar-refractivity contribution in [2.75, 3.05) is 39.8 Å². The summed E-state index contributed by atoms with van der Waals surface area (Å²) >= 11 is 0. The second-order valence-corrected chi connectivity index (χ2v) is 17.4. The monoisotopic (exact) mass is 599 g/mol. The average Bonchev–Trinajstić information content (AvgIpc) is 3.31. The topological polar surface area (TPSA) is 53.0 Å². The van der Waals surface area contributed by atoms with Gasteiger partial charge in [0.2, 0.25) is 0 Å². The predicted octanol–water partition coefficient (Wildman–Crippen LogP) is 7.72. The van der Waals surface area contributed by atoms with Crippen molar-refractivity contribution in [1.82, 2.24) is 9.80 Å². The van der Waals surface area contributed by atoms with Crippen LogP contribution < -0.4 is 0 Å². The Bertz CT molecular complexity index is 1040. The number of aliphatic hydroxyl groups excluding tert-OH is 1. The van der Waals surface area contributed by atoms with Crippen LogP contribution in [0.15, 0.2) is 11.1 Å². The van der Waals surface area contributed by atoms with E-state index in [9.17, 15) is 9.90 Å². The Morgan fingerprint density at radius 3 is 2.23 bits per heavy atom. The molecule has 0 aromatic carbocycles. The molecule has 5 rings (SSSR count). The Morgan fingerprint density at radius 2 is 1.58 bits per heavy atom. The van der Waals surface area contributed by atoms with Crippen LogP contribution in [0, 0.1) is 45.3 Å². The van der Waals surface area contributed by atoms with E-state index in [0.717, 1.165) is 58.4 Å². The number of hydrogen-bond acceptors (Lipinski definition) is 5. The lowest BCUT2D eigenvalue weighted by atomic mass is 9.40. The van der Waals surface area contributed by atoms with Crippen LogP contribution in [0.2, 0.25) is 0 Å². The molecule has 43 heavy (non-hydrogen) atoms. The predicted molar refractivity (Wildman–Crippen MR) is 177 cm³/mol. The average molecular weight is 599 g/mol. The highest BCUT2D eigenvalue weighted by Crippen LogP contribution is 2.68. The number of β-amino-alcohol motifs (C(OH)–C–C–N with tert-alkyl or cyclic N) is 1. The molecule has 8 unspecified atom stereocenters. The van der Waals surface area contributed by atoms with Crippen LogP contribution in [0.3, 0.4) is 0 Å². The molecule has 0 aromatic heterocycles. The molecule has 5 nitrogen and oxygen atoms in total. The second kappa shape index (κ2) is 12.4. The molecule has 8 atom stereocenters.